The second kappa shape index (κ2) is 12.0. The number of amides is 1. The monoisotopic (exact) mass is 587 g/mol. The maximum atomic E-state index is 14.2. The number of rotatable bonds is 9. The molecular weight excluding hydrogens is 545 g/mol. The number of aliphatic carboxylic acids is 1. The molecule has 40 heavy (non-hydrogen) atoms. The molecule has 0 bridgehead atoms. The van der Waals surface area contributed by atoms with Gasteiger partial charge in [-0.25, -0.2) is 0 Å². The highest BCUT2D eigenvalue weighted by molar-refractivity contribution is 6.38. The number of ether oxygens (including phenoxy) is 1. The van der Waals surface area contributed by atoms with Gasteiger partial charge in [0, 0.05) is 30.6 Å². The number of nitrogens with zero attached hydrogens (tertiary/aromatic N) is 1. The van der Waals surface area contributed by atoms with Crippen molar-refractivity contribution in [2.45, 2.75) is 91.1 Å². The maximum absolute atomic E-state index is 14.2. The topological polar surface area (TPSA) is 66.8 Å². The molecule has 0 radical (unpaired) electrons. The summed E-state index contributed by atoms with van der Waals surface area (Å²) in [5, 5.41) is 11.3. The van der Waals surface area contributed by atoms with E-state index in [-0.39, 0.29) is 17.7 Å². The zero-order valence-corrected chi connectivity index (χ0v) is 26.2. The van der Waals surface area contributed by atoms with Crippen molar-refractivity contribution in [3.63, 3.8) is 0 Å². The molecule has 1 amide bonds. The predicted molar refractivity (Wildman–Crippen MR) is 162 cm³/mol. The number of carbonyl (C=O) groups is 2. The summed E-state index contributed by atoms with van der Waals surface area (Å²) >= 11 is 13.8. The van der Waals surface area contributed by atoms with Crippen LogP contribution in [0.1, 0.15) is 112 Å². The number of halogens is 2. The molecule has 0 aromatic heterocycles. The molecule has 1 aliphatic carbocycles. The van der Waals surface area contributed by atoms with Crippen LogP contribution in [-0.4, -0.2) is 41.6 Å². The number of benzene rings is 2. The van der Waals surface area contributed by atoms with Crippen LogP contribution in [0.4, 0.5) is 0 Å². The first-order valence-electron chi connectivity index (χ1n) is 14.5. The van der Waals surface area contributed by atoms with E-state index in [1.807, 2.05) is 31.7 Å². The normalized spacial score (nSPS) is 24.7. The van der Waals surface area contributed by atoms with E-state index in [1.54, 1.807) is 0 Å². The Balaban J connectivity index is 1.61. The largest absolute Gasteiger partial charge is 0.481 e. The lowest BCUT2D eigenvalue weighted by molar-refractivity contribution is -0.157. The number of hydrogen-bond donors (Lipinski definition) is 1. The SMILES string of the molecule is CC(C)c1ccc(COCCCN2C[C@H]3[C@](C)(C(=O)O)CCC[C@]3(C)c3cc(Cl)c(C(C)C)c(Cl)c3C2=O)cc1. The van der Waals surface area contributed by atoms with E-state index in [4.69, 9.17) is 27.9 Å². The van der Waals surface area contributed by atoms with Gasteiger partial charge in [0.05, 0.1) is 22.6 Å². The van der Waals surface area contributed by atoms with Gasteiger partial charge in [-0.2, -0.15) is 0 Å². The molecule has 3 atom stereocenters. The molecule has 2 aromatic rings. The summed E-state index contributed by atoms with van der Waals surface area (Å²) in [6, 6.07) is 10.4. The van der Waals surface area contributed by atoms with Gasteiger partial charge in [-0.15, -0.1) is 0 Å². The van der Waals surface area contributed by atoms with Crippen molar-refractivity contribution < 1.29 is 19.4 Å². The first-order chi connectivity index (χ1) is 18.8. The minimum absolute atomic E-state index is 0.0389. The average Bonchev–Trinajstić information content (AvgIpc) is 2.97. The van der Waals surface area contributed by atoms with Gasteiger partial charge in [0.15, 0.2) is 0 Å². The third-order valence-corrected chi connectivity index (χ3v) is 10.1. The van der Waals surface area contributed by atoms with Crippen molar-refractivity contribution in [2.75, 3.05) is 19.7 Å². The number of hydrogen-bond acceptors (Lipinski definition) is 3. The molecule has 2 aromatic carbocycles. The third-order valence-electron chi connectivity index (χ3n) is 9.40. The van der Waals surface area contributed by atoms with Crippen molar-refractivity contribution in [1.82, 2.24) is 4.90 Å². The van der Waals surface area contributed by atoms with Gasteiger partial charge in [-0.1, -0.05) is 88.5 Å². The fraction of sp³-hybridized carbons (Fsp3) is 0.576. The molecule has 1 heterocycles. The van der Waals surface area contributed by atoms with Crippen LogP contribution in [-0.2, 0) is 21.6 Å². The van der Waals surface area contributed by atoms with Crippen molar-refractivity contribution in [3.05, 3.63) is 68.2 Å². The van der Waals surface area contributed by atoms with E-state index >= 15 is 0 Å². The molecule has 2 aliphatic rings. The number of fused-ring (bicyclic) bond motifs is 3. The summed E-state index contributed by atoms with van der Waals surface area (Å²) < 4.78 is 5.97. The minimum Gasteiger partial charge on any atom is -0.481 e. The third kappa shape index (κ3) is 5.67. The van der Waals surface area contributed by atoms with E-state index in [0.29, 0.717) is 60.7 Å². The molecule has 0 spiro atoms. The quantitative estimate of drug-likeness (QED) is 0.299. The van der Waals surface area contributed by atoms with Crippen molar-refractivity contribution in [2.24, 2.45) is 11.3 Å². The predicted octanol–water partition coefficient (Wildman–Crippen LogP) is 8.45. The summed E-state index contributed by atoms with van der Waals surface area (Å²) in [6.07, 6.45) is 2.75. The molecule has 5 nitrogen and oxygen atoms in total. The Morgan fingerprint density at radius 3 is 2.38 bits per heavy atom. The van der Waals surface area contributed by atoms with Crippen LogP contribution >= 0.6 is 23.2 Å². The lowest BCUT2D eigenvalue weighted by Gasteiger charge is -2.50. The summed E-state index contributed by atoms with van der Waals surface area (Å²) in [4.78, 5) is 28.7. The average molecular weight is 589 g/mol. The van der Waals surface area contributed by atoms with Crippen molar-refractivity contribution >= 4 is 35.1 Å². The zero-order chi connectivity index (χ0) is 29.4. The van der Waals surface area contributed by atoms with Crippen LogP contribution in [0, 0.1) is 11.3 Å². The molecule has 7 heteroatoms. The van der Waals surface area contributed by atoms with E-state index in [9.17, 15) is 14.7 Å². The molecule has 1 fully saturated rings. The van der Waals surface area contributed by atoms with Crippen LogP contribution in [0.25, 0.3) is 0 Å². The maximum Gasteiger partial charge on any atom is 0.309 e. The van der Waals surface area contributed by atoms with Crippen molar-refractivity contribution in [1.29, 1.82) is 0 Å². The smallest absolute Gasteiger partial charge is 0.309 e. The lowest BCUT2D eigenvalue weighted by Crippen LogP contribution is -2.53. The Kier molecular flexibility index (Phi) is 9.29. The standard InChI is InChI=1S/C33H43Cl2NO4/c1-20(2)23-11-9-22(10-12-23)19-40-16-8-15-36-18-26-32(5,13-7-14-33(26,6)31(38)39)24-17-25(34)27(21(3)4)29(35)28(24)30(36)37/h9-12,17,20-21,26H,7-8,13-16,18-19H2,1-6H3,(H,38,39)/t26-,32-,33-/m1/s1. The number of carboxylic acid groups (broad SMARTS) is 1. The van der Waals surface area contributed by atoms with Crippen LogP contribution in [0.2, 0.25) is 10.0 Å². The first-order valence-corrected chi connectivity index (χ1v) is 15.3. The van der Waals surface area contributed by atoms with E-state index < -0.39 is 16.8 Å². The second-order valence-electron chi connectivity index (χ2n) is 12.8. The fourth-order valence-electron chi connectivity index (χ4n) is 6.88. The lowest BCUT2D eigenvalue weighted by atomic mass is 9.53. The molecule has 1 N–H and O–H groups in total. The van der Waals surface area contributed by atoms with Gasteiger partial charge in [0.1, 0.15) is 0 Å². The zero-order valence-electron chi connectivity index (χ0n) is 24.7. The molecule has 4 rings (SSSR count). The first kappa shape index (κ1) is 30.9. The highest BCUT2D eigenvalue weighted by atomic mass is 35.5. The van der Waals surface area contributed by atoms with Crippen LogP contribution in [0.3, 0.4) is 0 Å². The van der Waals surface area contributed by atoms with E-state index in [1.165, 1.54) is 5.56 Å². The Bertz CT molecular complexity index is 1260. The number of carbonyl (C=O) groups excluding carboxylic acids is 1. The summed E-state index contributed by atoms with van der Waals surface area (Å²) in [7, 11) is 0. The van der Waals surface area contributed by atoms with Gasteiger partial charge < -0.3 is 14.7 Å². The second-order valence-corrected chi connectivity index (χ2v) is 13.5. The van der Waals surface area contributed by atoms with E-state index in [2.05, 4.69) is 45.0 Å². The molecule has 218 valence electrons. The fourth-order valence-corrected chi connectivity index (χ4v) is 7.85. The van der Waals surface area contributed by atoms with Crippen LogP contribution in [0.15, 0.2) is 30.3 Å². The summed E-state index contributed by atoms with van der Waals surface area (Å²) in [6.45, 7) is 14.1. The Hall–Kier alpha value is -2.08. The van der Waals surface area contributed by atoms with Gasteiger partial charge in [-0.3, -0.25) is 9.59 Å². The minimum atomic E-state index is -0.971. The molecule has 0 unspecified atom stereocenters. The Labute approximate surface area is 249 Å². The van der Waals surface area contributed by atoms with Crippen molar-refractivity contribution in [3.8, 4) is 0 Å². The van der Waals surface area contributed by atoms with Gasteiger partial charge in [0.2, 0.25) is 0 Å². The molecular formula is C33H43Cl2NO4. The Morgan fingerprint density at radius 1 is 1.10 bits per heavy atom. The summed E-state index contributed by atoms with van der Waals surface area (Å²) in [5.41, 5.74) is 2.93. The van der Waals surface area contributed by atoms with Crippen LogP contribution < -0.4 is 0 Å². The summed E-state index contributed by atoms with van der Waals surface area (Å²) in [5.74, 6) is -0.722. The molecule has 1 aliphatic heterocycles. The van der Waals surface area contributed by atoms with Gasteiger partial charge in [0.25, 0.3) is 5.91 Å². The van der Waals surface area contributed by atoms with E-state index in [0.717, 1.165) is 29.5 Å². The highest BCUT2D eigenvalue weighted by Crippen LogP contribution is 2.56. The highest BCUT2D eigenvalue weighted by Gasteiger charge is 2.57. The number of carboxylic acids is 1. The van der Waals surface area contributed by atoms with Gasteiger partial charge in [-0.05, 0) is 71.8 Å². The van der Waals surface area contributed by atoms with Crippen LogP contribution in [0.5, 0.6) is 0 Å². The Morgan fingerprint density at radius 2 is 1.77 bits per heavy atom. The molecule has 1 saturated carbocycles. The molecule has 0 saturated heterocycles. The van der Waals surface area contributed by atoms with Gasteiger partial charge >= 0.3 is 5.97 Å².